The summed E-state index contributed by atoms with van der Waals surface area (Å²) in [7, 11) is 0. The molecule has 0 radical (unpaired) electrons. The molecule has 3 nitrogen and oxygen atoms in total. The first kappa shape index (κ1) is 10.9. The normalized spacial score (nSPS) is 12.1. The molecular formula is C7H9HfO3. The van der Waals surface area contributed by atoms with Gasteiger partial charge in [-0.15, -0.1) is 0 Å². The van der Waals surface area contributed by atoms with E-state index in [1.807, 2.05) is 0 Å². The molecule has 11 heavy (non-hydrogen) atoms. The predicted molar refractivity (Wildman–Crippen MR) is 34.7 cm³/mol. The van der Waals surface area contributed by atoms with Crippen LogP contribution in [0.1, 0.15) is 20.3 Å². The summed E-state index contributed by atoms with van der Waals surface area (Å²) in [6, 6.07) is 0. The van der Waals surface area contributed by atoms with Crippen molar-refractivity contribution in [2.75, 3.05) is 0 Å². The van der Waals surface area contributed by atoms with E-state index in [-0.39, 0.29) is 23.8 Å². The topological polar surface area (TPSA) is 51.2 Å². The second kappa shape index (κ2) is 4.70. The van der Waals surface area contributed by atoms with Gasteiger partial charge in [-0.1, -0.05) is 0 Å². The summed E-state index contributed by atoms with van der Waals surface area (Å²) >= 11 is 0.512. The molecular weight excluding hydrogens is 311 g/mol. The zero-order valence-electron chi connectivity index (χ0n) is 6.51. The molecule has 0 heterocycles. The summed E-state index contributed by atoms with van der Waals surface area (Å²) in [5.41, 5.74) is 0. The maximum atomic E-state index is 11.0. The summed E-state index contributed by atoms with van der Waals surface area (Å²) < 4.78 is -0.487. The van der Waals surface area contributed by atoms with Gasteiger partial charge in [-0.3, -0.25) is 0 Å². The molecule has 0 rings (SSSR count). The van der Waals surface area contributed by atoms with E-state index in [0.29, 0.717) is 24.4 Å². The van der Waals surface area contributed by atoms with E-state index in [4.69, 9.17) is 0 Å². The molecule has 0 spiro atoms. The van der Waals surface area contributed by atoms with E-state index < -0.39 is 3.67 Å². The number of carbonyl (C=O) groups is 3. The van der Waals surface area contributed by atoms with Crippen LogP contribution in [0.2, 0.25) is 3.67 Å². The van der Waals surface area contributed by atoms with E-state index in [2.05, 4.69) is 0 Å². The van der Waals surface area contributed by atoms with Crippen molar-refractivity contribution in [3.05, 3.63) is 0 Å². The van der Waals surface area contributed by atoms with Crippen LogP contribution in [0.5, 0.6) is 0 Å². The number of ketones is 3. The van der Waals surface area contributed by atoms with Crippen LogP contribution in [0.15, 0.2) is 0 Å². The van der Waals surface area contributed by atoms with Gasteiger partial charge in [0, 0.05) is 0 Å². The number of hydrogen-bond acceptors (Lipinski definition) is 3. The van der Waals surface area contributed by atoms with Crippen LogP contribution in [-0.2, 0) is 38.8 Å². The Bertz CT molecular complexity index is 198. The molecule has 0 aliphatic heterocycles. The molecule has 1 atom stereocenters. The molecule has 0 aromatic rings. The monoisotopic (exact) mass is 321 g/mol. The van der Waals surface area contributed by atoms with Gasteiger partial charge in [0.25, 0.3) is 0 Å². The molecule has 0 aliphatic carbocycles. The first-order chi connectivity index (χ1) is 4.95. The van der Waals surface area contributed by atoms with E-state index in [0.717, 1.165) is 0 Å². The van der Waals surface area contributed by atoms with Crippen LogP contribution in [0.25, 0.3) is 0 Å². The van der Waals surface area contributed by atoms with Gasteiger partial charge >= 0.3 is 80.1 Å². The molecule has 0 amide bonds. The number of hydrogen-bond donors (Lipinski definition) is 0. The molecule has 0 aromatic heterocycles. The maximum absolute atomic E-state index is 11.0. The molecule has 0 N–H and O–H groups in total. The Morgan fingerprint density at radius 1 is 1.27 bits per heavy atom. The SMILES string of the molecule is CC(=O)CC(=O)[CH]([Hf])C(C)=O. The van der Waals surface area contributed by atoms with Gasteiger partial charge in [-0.2, -0.15) is 0 Å². The zero-order chi connectivity index (χ0) is 9.02. The van der Waals surface area contributed by atoms with Crippen molar-refractivity contribution in [2.24, 2.45) is 0 Å². The van der Waals surface area contributed by atoms with E-state index in [9.17, 15) is 14.4 Å². The molecule has 0 saturated heterocycles. The van der Waals surface area contributed by atoms with Gasteiger partial charge in [-0.05, 0) is 0 Å². The Morgan fingerprint density at radius 2 is 1.73 bits per heavy atom. The van der Waals surface area contributed by atoms with Crippen molar-refractivity contribution < 1.29 is 38.8 Å². The number of rotatable bonds is 4. The van der Waals surface area contributed by atoms with Crippen LogP contribution in [0.3, 0.4) is 0 Å². The van der Waals surface area contributed by atoms with E-state index >= 15 is 0 Å². The fourth-order valence-corrected chi connectivity index (χ4v) is 0.941. The van der Waals surface area contributed by atoms with Gasteiger partial charge in [0.2, 0.25) is 0 Å². The Labute approximate surface area is 80.1 Å². The van der Waals surface area contributed by atoms with Crippen LogP contribution >= 0.6 is 0 Å². The summed E-state index contributed by atoms with van der Waals surface area (Å²) in [4.78, 5) is 32.1. The van der Waals surface area contributed by atoms with Gasteiger partial charge in [0.1, 0.15) is 0 Å². The second-order valence-corrected chi connectivity index (χ2v) is 4.46. The Balaban J connectivity index is 4.04. The standard InChI is InChI=1S/C7H9O3.Hf/c1-5(8)3-7(10)4-6(2)9;/h3H,4H2,1-2H3;. The summed E-state index contributed by atoms with van der Waals surface area (Å²) in [6.07, 6.45) is -0.0895. The Hall–Kier alpha value is -0.120. The molecule has 1 unspecified atom stereocenters. The molecule has 4 heteroatoms. The first-order valence-corrected chi connectivity index (χ1v) is 5.26. The predicted octanol–water partition coefficient (Wildman–Crippen LogP) is 0.459. The molecule has 0 aromatic carbocycles. The van der Waals surface area contributed by atoms with Gasteiger partial charge in [-0.25, -0.2) is 0 Å². The molecule has 0 saturated carbocycles. The van der Waals surface area contributed by atoms with Crippen molar-refractivity contribution in [3.63, 3.8) is 0 Å². The molecule has 0 bridgehead atoms. The molecule has 0 fully saturated rings. The van der Waals surface area contributed by atoms with Crippen molar-refractivity contribution in [1.82, 2.24) is 0 Å². The second-order valence-electron chi connectivity index (χ2n) is 2.39. The third kappa shape index (κ3) is 4.35. The van der Waals surface area contributed by atoms with Crippen molar-refractivity contribution in [2.45, 2.75) is 23.9 Å². The minimum atomic E-state index is -0.487. The van der Waals surface area contributed by atoms with Crippen LogP contribution < -0.4 is 0 Å². The molecule has 59 valence electrons. The van der Waals surface area contributed by atoms with Crippen LogP contribution in [0.4, 0.5) is 0 Å². The summed E-state index contributed by atoms with van der Waals surface area (Å²) in [6.45, 7) is 2.74. The van der Waals surface area contributed by atoms with Crippen LogP contribution in [0, 0.1) is 0 Å². The Kier molecular flexibility index (Phi) is 4.65. The summed E-state index contributed by atoms with van der Waals surface area (Å²) in [5, 5.41) is 0. The average molecular weight is 320 g/mol. The number of carbonyl (C=O) groups excluding carboxylic acids is 3. The third-order valence-electron chi connectivity index (χ3n) is 1.15. The summed E-state index contributed by atoms with van der Waals surface area (Å²) in [5.74, 6) is -0.517. The van der Waals surface area contributed by atoms with Gasteiger partial charge in [0.05, 0.1) is 0 Å². The van der Waals surface area contributed by atoms with Gasteiger partial charge < -0.3 is 0 Å². The fraction of sp³-hybridized carbons (Fsp3) is 0.571. The van der Waals surface area contributed by atoms with Gasteiger partial charge in [0.15, 0.2) is 0 Å². The zero-order valence-corrected chi connectivity index (χ0v) is 10.1. The third-order valence-corrected chi connectivity index (χ3v) is 3.77. The van der Waals surface area contributed by atoms with E-state index in [1.54, 1.807) is 0 Å². The Morgan fingerprint density at radius 3 is 2.00 bits per heavy atom. The van der Waals surface area contributed by atoms with Crippen molar-refractivity contribution in [1.29, 1.82) is 0 Å². The average Bonchev–Trinajstić information content (AvgIpc) is 1.84. The first-order valence-electron chi connectivity index (χ1n) is 3.19. The number of Topliss-reactive ketones (excluding diaryl/α,β-unsaturated/α-hetero) is 3. The minimum absolute atomic E-state index is 0.0895. The fourth-order valence-electron chi connectivity index (χ4n) is 0.574. The van der Waals surface area contributed by atoms with Crippen molar-refractivity contribution >= 4 is 17.3 Å². The quantitative estimate of drug-likeness (QED) is 0.559. The van der Waals surface area contributed by atoms with Crippen molar-refractivity contribution in [3.8, 4) is 0 Å². The van der Waals surface area contributed by atoms with E-state index in [1.165, 1.54) is 13.8 Å². The molecule has 0 aliphatic rings. The van der Waals surface area contributed by atoms with Crippen LogP contribution in [-0.4, -0.2) is 17.3 Å².